The van der Waals surface area contributed by atoms with Crippen LogP contribution < -0.4 is 10.5 Å². The molecule has 1 spiro atoms. The lowest BCUT2D eigenvalue weighted by Gasteiger charge is -2.62. The highest BCUT2D eigenvalue weighted by Crippen LogP contribution is 2.68. The van der Waals surface area contributed by atoms with Gasteiger partial charge >= 0.3 is 0 Å². The van der Waals surface area contributed by atoms with Crippen molar-refractivity contribution in [1.29, 1.82) is 0 Å². The van der Waals surface area contributed by atoms with E-state index in [1.165, 1.54) is 0 Å². The number of hydrogen-bond donors (Lipinski definition) is 3. The molecule has 4 aliphatic rings. The highest BCUT2D eigenvalue weighted by Gasteiger charge is 2.72. The first-order valence-corrected chi connectivity index (χ1v) is 11.6. The lowest BCUT2D eigenvalue weighted by Crippen LogP contribution is -2.74. The molecular formula is C26H29N3O3. The number of rotatable bonds is 0. The van der Waals surface area contributed by atoms with Gasteiger partial charge in [0.1, 0.15) is 0 Å². The van der Waals surface area contributed by atoms with Crippen molar-refractivity contribution in [2.75, 3.05) is 19.3 Å². The molecule has 0 unspecified atom stereocenters. The van der Waals surface area contributed by atoms with Crippen molar-refractivity contribution in [3.05, 3.63) is 58.8 Å². The fraction of sp³-hybridized carbons (Fsp3) is 0.423. The minimum Gasteiger partial charge on any atom is -0.504 e. The van der Waals surface area contributed by atoms with Crippen LogP contribution in [0.1, 0.15) is 48.8 Å². The Bertz CT molecular complexity index is 1270. The van der Waals surface area contributed by atoms with Crippen molar-refractivity contribution in [1.82, 2.24) is 9.88 Å². The summed E-state index contributed by atoms with van der Waals surface area (Å²) >= 11 is 0. The number of fused-ring (bicyclic) bond motifs is 3. The highest BCUT2D eigenvalue weighted by molar-refractivity contribution is 5.92. The van der Waals surface area contributed by atoms with Gasteiger partial charge < -0.3 is 25.6 Å². The number of ether oxygens (including phenoxy) is 1. The van der Waals surface area contributed by atoms with E-state index >= 15 is 0 Å². The van der Waals surface area contributed by atoms with Crippen LogP contribution in [0.4, 0.5) is 5.69 Å². The van der Waals surface area contributed by atoms with Crippen LogP contribution in [0, 0.1) is 0 Å². The molecule has 0 saturated carbocycles. The fourth-order valence-corrected chi connectivity index (χ4v) is 6.89. The number of benzene rings is 2. The van der Waals surface area contributed by atoms with E-state index in [1.54, 1.807) is 6.07 Å². The Morgan fingerprint density at radius 1 is 1.19 bits per heavy atom. The zero-order valence-electron chi connectivity index (χ0n) is 18.7. The van der Waals surface area contributed by atoms with Gasteiger partial charge in [-0.2, -0.15) is 0 Å². The van der Waals surface area contributed by atoms with Gasteiger partial charge in [0.25, 0.3) is 0 Å². The van der Waals surface area contributed by atoms with Gasteiger partial charge in [-0.3, -0.25) is 0 Å². The zero-order chi connectivity index (χ0) is 22.4. The van der Waals surface area contributed by atoms with Gasteiger partial charge in [-0.15, -0.1) is 0 Å². The lowest BCUT2D eigenvalue weighted by molar-refractivity contribution is -0.167. The number of anilines is 1. The molecular weight excluding hydrogens is 402 g/mol. The summed E-state index contributed by atoms with van der Waals surface area (Å²) in [6.45, 7) is 4.86. The number of nitrogens with two attached hydrogens (primary N) is 1. The normalized spacial score (nSPS) is 31.2. The summed E-state index contributed by atoms with van der Waals surface area (Å²) in [6.07, 6.45) is 1.45. The first-order chi connectivity index (χ1) is 15.5. The van der Waals surface area contributed by atoms with Crippen molar-refractivity contribution in [2.45, 2.75) is 56.3 Å². The molecule has 1 saturated heterocycles. The van der Waals surface area contributed by atoms with E-state index in [9.17, 15) is 10.2 Å². The third-order valence-electron chi connectivity index (χ3n) is 8.24. The van der Waals surface area contributed by atoms with Gasteiger partial charge in [0.05, 0.1) is 22.2 Å². The number of aromatic nitrogens is 1. The highest BCUT2D eigenvalue weighted by atomic mass is 16.5. The summed E-state index contributed by atoms with van der Waals surface area (Å²) in [6, 6.07) is 11.5. The Balaban J connectivity index is 0.000000953. The van der Waals surface area contributed by atoms with E-state index in [0.29, 0.717) is 17.9 Å². The van der Waals surface area contributed by atoms with Crippen LogP contribution in [-0.2, 0) is 18.3 Å². The Labute approximate surface area is 187 Å². The molecule has 6 nitrogen and oxygen atoms in total. The van der Waals surface area contributed by atoms with Gasteiger partial charge in [0.2, 0.25) is 0 Å². The number of aliphatic hydroxyl groups is 1. The van der Waals surface area contributed by atoms with Crippen LogP contribution >= 0.6 is 0 Å². The van der Waals surface area contributed by atoms with Crippen molar-refractivity contribution in [3.63, 3.8) is 0 Å². The van der Waals surface area contributed by atoms with Crippen LogP contribution in [0.3, 0.4) is 0 Å². The lowest BCUT2D eigenvalue weighted by atomic mass is 9.49. The Hall–Kier alpha value is -2.83. The maximum atomic E-state index is 12.4. The van der Waals surface area contributed by atoms with E-state index < -0.39 is 17.1 Å². The molecule has 4 atom stereocenters. The average molecular weight is 432 g/mol. The van der Waals surface area contributed by atoms with Gasteiger partial charge in [0, 0.05) is 34.7 Å². The number of nitrogens with zero attached hydrogens (tertiary/aromatic N) is 2. The second-order valence-electron chi connectivity index (χ2n) is 9.38. The predicted octanol–water partition coefficient (Wildman–Crippen LogP) is 3.47. The molecule has 7 rings (SSSR count). The molecule has 0 amide bonds. The maximum absolute atomic E-state index is 12.4. The molecule has 32 heavy (non-hydrogen) atoms. The zero-order valence-corrected chi connectivity index (χ0v) is 18.7. The quantitative estimate of drug-likeness (QED) is 0.505. The summed E-state index contributed by atoms with van der Waals surface area (Å²) in [4.78, 5) is 7.27. The number of phenolic OH excluding ortho intramolecular Hbond substituents is 1. The molecule has 0 radical (unpaired) electrons. The Morgan fingerprint density at radius 2 is 1.97 bits per heavy atom. The minimum atomic E-state index is -1.04. The second-order valence-corrected chi connectivity index (χ2v) is 9.38. The number of likely N-dealkylation sites (tertiary alicyclic amines) is 1. The van der Waals surface area contributed by atoms with Crippen molar-refractivity contribution in [2.24, 2.45) is 0 Å². The van der Waals surface area contributed by atoms with E-state index in [2.05, 4.69) is 11.9 Å². The molecule has 6 heteroatoms. The first-order valence-electron chi connectivity index (χ1n) is 11.6. The SMILES string of the molecule is CC.CN1CC[C@]23c4c5ccc(O)c4O[C@H]2c2nc4ccccc4c(N)c2C[C@@]3(O)[C@H]1C5. The van der Waals surface area contributed by atoms with Gasteiger partial charge in [-0.1, -0.05) is 38.1 Å². The Kier molecular flexibility index (Phi) is 3.94. The van der Waals surface area contributed by atoms with E-state index in [-0.39, 0.29) is 11.8 Å². The topological polar surface area (TPSA) is 91.8 Å². The predicted molar refractivity (Wildman–Crippen MR) is 124 cm³/mol. The van der Waals surface area contributed by atoms with Crippen LogP contribution in [0.2, 0.25) is 0 Å². The summed E-state index contributed by atoms with van der Waals surface area (Å²) < 4.78 is 6.49. The van der Waals surface area contributed by atoms with Gasteiger partial charge in [0.15, 0.2) is 17.6 Å². The number of phenols is 1. The summed E-state index contributed by atoms with van der Waals surface area (Å²) in [5, 5.41) is 24.0. The first kappa shape index (κ1) is 19.8. The van der Waals surface area contributed by atoms with Crippen molar-refractivity contribution < 1.29 is 14.9 Å². The van der Waals surface area contributed by atoms with E-state index in [0.717, 1.165) is 52.7 Å². The smallest absolute Gasteiger partial charge is 0.166 e. The molecule has 3 heterocycles. The summed E-state index contributed by atoms with van der Waals surface area (Å²) in [5.41, 5.74) is 10.3. The molecule has 2 aliphatic heterocycles. The second kappa shape index (κ2) is 6.36. The van der Waals surface area contributed by atoms with Gasteiger partial charge in [-0.25, -0.2) is 4.98 Å². The molecule has 2 aliphatic carbocycles. The number of pyridine rings is 1. The monoisotopic (exact) mass is 431 g/mol. The van der Waals surface area contributed by atoms with Gasteiger partial charge in [-0.05, 0) is 44.1 Å². The molecule has 2 aromatic carbocycles. The molecule has 2 bridgehead atoms. The third kappa shape index (κ3) is 2.05. The molecule has 3 aromatic rings. The molecule has 1 fully saturated rings. The molecule has 166 valence electrons. The maximum Gasteiger partial charge on any atom is 0.166 e. The number of aromatic hydroxyl groups is 1. The third-order valence-corrected chi connectivity index (χ3v) is 8.24. The minimum absolute atomic E-state index is 0.0423. The molecule has 4 N–H and O–H groups in total. The number of piperidine rings is 1. The van der Waals surface area contributed by atoms with Crippen molar-refractivity contribution >= 4 is 16.6 Å². The number of hydrogen-bond acceptors (Lipinski definition) is 6. The largest absolute Gasteiger partial charge is 0.504 e. The molecule has 1 aromatic heterocycles. The van der Waals surface area contributed by atoms with Crippen LogP contribution in [0.5, 0.6) is 11.5 Å². The van der Waals surface area contributed by atoms with E-state index in [1.807, 2.05) is 44.2 Å². The van der Waals surface area contributed by atoms with Crippen LogP contribution in [0.15, 0.2) is 36.4 Å². The van der Waals surface area contributed by atoms with Crippen LogP contribution in [-0.4, -0.2) is 45.3 Å². The summed E-state index contributed by atoms with van der Waals surface area (Å²) in [7, 11) is 2.09. The summed E-state index contributed by atoms with van der Waals surface area (Å²) in [5.74, 6) is 0.646. The average Bonchev–Trinajstić information content (AvgIpc) is 3.16. The Morgan fingerprint density at radius 3 is 2.78 bits per heavy atom. The standard InChI is InChI=1S/C24H23N3O3.C2H6/c1-27-9-8-23-18-12-6-7-16(28)21(18)30-22(23)20-14(11-24(23,29)17(27)10-12)19(25)13-4-2-3-5-15(13)26-20;1-2/h2-7,17,22,28-29H,8-11H2,1H3,(H2,25,26);1-2H3/t17-,22+,23+,24-;/m1./s1. The van der Waals surface area contributed by atoms with Crippen LogP contribution in [0.25, 0.3) is 10.9 Å². The number of para-hydroxylation sites is 1. The fourth-order valence-electron chi connectivity index (χ4n) is 6.89. The van der Waals surface area contributed by atoms with Crippen molar-refractivity contribution in [3.8, 4) is 11.5 Å². The van der Waals surface area contributed by atoms with E-state index in [4.69, 9.17) is 15.5 Å². The number of likely N-dealkylation sites (N-methyl/N-ethyl adjacent to an activating group) is 1. The number of nitrogen functional groups attached to an aromatic ring is 1.